The van der Waals surface area contributed by atoms with Crippen LogP contribution in [0.4, 0.5) is 0 Å². The highest BCUT2D eigenvalue weighted by atomic mass is 14.9. The third-order valence-corrected chi connectivity index (χ3v) is 2.05. The first-order valence-corrected chi connectivity index (χ1v) is 5.05. The van der Waals surface area contributed by atoms with Crippen LogP contribution in [0, 0.1) is 5.41 Å². The van der Waals surface area contributed by atoms with Crippen molar-refractivity contribution in [1.29, 1.82) is 0 Å². The summed E-state index contributed by atoms with van der Waals surface area (Å²) in [5, 5.41) is 0. The molecule has 0 fully saturated rings. The van der Waals surface area contributed by atoms with E-state index in [0.717, 1.165) is 18.7 Å². The molecule has 0 heterocycles. The molecule has 0 aliphatic heterocycles. The molecule has 13 heavy (non-hydrogen) atoms. The molecule has 0 aromatic rings. The molecule has 0 atom stereocenters. The second-order valence-corrected chi connectivity index (χ2v) is 5.31. The predicted octanol–water partition coefficient (Wildman–Crippen LogP) is 2.97. The fourth-order valence-corrected chi connectivity index (χ4v) is 1.16. The average molecular weight is 184 g/mol. The number of nitrogens with two attached hydrogens (primary N) is 1. The van der Waals surface area contributed by atoms with Crippen molar-refractivity contribution in [3.05, 3.63) is 0 Å². The van der Waals surface area contributed by atoms with Crippen LogP contribution in [0.25, 0.3) is 0 Å². The van der Waals surface area contributed by atoms with E-state index >= 15 is 0 Å². The summed E-state index contributed by atoms with van der Waals surface area (Å²) >= 11 is 0. The van der Waals surface area contributed by atoms with Gasteiger partial charge in [0.1, 0.15) is 0 Å². The van der Waals surface area contributed by atoms with E-state index in [2.05, 4.69) is 46.5 Å². The van der Waals surface area contributed by atoms with Crippen LogP contribution in [0.1, 0.15) is 54.4 Å². The number of aliphatic imine (C=N–C) groups is 1. The molecule has 0 saturated heterocycles. The van der Waals surface area contributed by atoms with Gasteiger partial charge in [0.25, 0.3) is 0 Å². The zero-order chi connectivity index (χ0) is 10.7. The van der Waals surface area contributed by atoms with Crippen LogP contribution in [0.15, 0.2) is 4.99 Å². The Morgan fingerprint density at radius 3 is 1.92 bits per heavy atom. The van der Waals surface area contributed by atoms with Crippen molar-refractivity contribution in [2.75, 3.05) is 0 Å². The first-order chi connectivity index (χ1) is 5.69. The summed E-state index contributed by atoms with van der Waals surface area (Å²) in [6.45, 7) is 12.7. The van der Waals surface area contributed by atoms with Gasteiger partial charge in [-0.15, -0.1) is 0 Å². The molecular formula is C11H24N2. The van der Waals surface area contributed by atoms with Crippen molar-refractivity contribution in [2.45, 2.75) is 59.9 Å². The number of hydrogen-bond donors (Lipinski definition) is 1. The molecule has 0 aliphatic carbocycles. The Morgan fingerprint density at radius 2 is 1.62 bits per heavy atom. The molecule has 78 valence electrons. The fraction of sp³-hybridized carbons (Fsp3) is 0.909. The van der Waals surface area contributed by atoms with E-state index < -0.39 is 0 Å². The first kappa shape index (κ1) is 12.5. The zero-order valence-electron chi connectivity index (χ0n) is 9.94. The van der Waals surface area contributed by atoms with E-state index in [1.807, 2.05) is 0 Å². The number of rotatable bonds is 3. The molecule has 0 bridgehead atoms. The molecule has 0 aromatic heterocycles. The summed E-state index contributed by atoms with van der Waals surface area (Å²) in [4.78, 5) is 4.56. The maximum absolute atomic E-state index is 5.92. The van der Waals surface area contributed by atoms with Gasteiger partial charge in [0, 0.05) is 5.41 Å². The van der Waals surface area contributed by atoms with Crippen LogP contribution < -0.4 is 5.73 Å². The van der Waals surface area contributed by atoms with E-state index in [4.69, 9.17) is 5.73 Å². The maximum atomic E-state index is 5.92. The monoisotopic (exact) mass is 184 g/mol. The van der Waals surface area contributed by atoms with E-state index in [0.29, 0.717) is 0 Å². The third kappa shape index (κ3) is 4.91. The number of hydrogen-bond acceptors (Lipinski definition) is 1. The van der Waals surface area contributed by atoms with Gasteiger partial charge in [-0.1, -0.05) is 34.1 Å². The van der Waals surface area contributed by atoms with Crippen LogP contribution in [0.3, 0.4) is 0 Å². The number of nitrogens with zero attached hydrogens (tertiary/aromatic N) is 1. The standard InChI is InChI=1S/C11H24N2/c1-7-8-11(5,6)13-9(12)10(2,3)4/h7-8H2,1-6H3,(H2,12,13). The van der Waals surface area contributed by atoms with Gasteiger partial charge >= 0.3 is 0 Å². The molecule has 0 aliphatic rings. The molecular weight excluding hydrogens is 160 g/mol. The normalized spacial score (nSPS) is 14.8. The minimum Gasteiger partial charge on any atom is -0.387 e. The van der Waals surface area contributed by atoms with Crippen LogP contribution in [-0.4, -0.2) is 11.4 Å². The summed E-state index contributed by atoms with van der Waals surface area (Å²) in [5.41, 5.74) is 5.90. The summed E-state index contributed by atoms with van der Waals surface area (Å²) in [6.07, 6.45) is 2.23. The van der Waals surface area contributed by atoms with Crippen molar-refractivity contribution >= 4 is 5.84 Å². The molecule has 0 saturated carbocycles. The van der Waals surface area contributed by atoms with Crippen molar-refractivity contribution in [3.8, 4) is 0 Å². The fourth-order valence-electron chi connectivity index (χ4n) is 1.16. The highest BCUT2D eigenvalue weighted by molar-refractivity contribution is 5.85. The van der Waals surface area contributed by atoms with Crippen molar-refractivity contribution in [3.63, 3.8) is 0 Å². The van der Waals surface area contributed by atoms with Gasteiger partial charge in [-0.2, -0.15) is 0 Å². The molecule has 0 aromatic carbocycles. The van der Waals surface area contributed by atoms with Crippen LogP contribution in [0.2, 0.25) is 0 Å². The average Bonchev–Trinajstić information content (AvgIpc) is 1.83. The van der Waals surface area contributed by atoms with Gasteiger partial charge in [-0.25, -0.2) is 0 Å². The zero-order valence-corrected chi connectivity index (χ0v) is 9.94. The van der Waals surface area contributed by atoms with Crippen LogP contribution >= 0.6 is 0 Å². The molecule has 0 rings (SSSR count). The SMILES string of the molecule is CCCC(C)(C)N=C(N)C(C)(C)C. The van der Waals surface area contributed by atoms with Gasteiger partial charge in [-0.3, -0.25) is 4.99 Å². The smallest absolute Gasteiger partial charge is 0.0997 e. The maximum Gasteiger partial charge on any atom is 0.0997 e. The summed E-state index contributed by atoms with van der Waals surface area (Å²) in [7, 11) is 0. The Balaban J connectivity index is 4.54. The highest BCUT2D eigenvalue weighted by Crippen LogP contribution is 2.20. The summed E-state index contributed by atoms with van der Waals surface area (Å²) < 4.78 is 0. The predicted molar refractivity (Wildman–Crippen MR) is 60.1 cm³/mol. The summed E-state index contributed by atoms with van der Waals surface area (Å²) in [6, 6.07) is 0. The van der Waals surface area contributed by atoms with Crippen LogP contribution in [-0.2, 0) is 0 Å². The molecule has 2 heteroatoms. The lowest BCUT2D eigenvalue weighted by Gasteiger charge is -2.25. The van der Waals surface area contributed by atoms with Gasteiger partial charge in [0.15, 0.2) is 0 Å². The van der Waals surface area contributed by atoms with Gasteiger partial charge < -0.3 is 5.73 Å². The van der Waals surface area contributed by atoms with Gasteiger partial charge in [0.05, 0.1) is 11.4 Å². The third-order valence-electron chi connectivity index (χ3n) is 2.05. The Kier molecular flexibility index (Phi) is 3.95. The Morgan fingerprint density at radius 1 is 1.15 bits per heavy atom. The lowest BCUT2D eigenvalue weighted by atomic mass is 9.93. The van der Waals surface area contributed by atoms with E-state index in [1.165, 1.54) is 0 Å². The summed E-state index contributed by atoms with van der Waals surface area (Å²) in [5.74, 6) is 0.756. The Hall–Kier alpha value is -0.530. The minimum atomic E-state index is -0.00892. The molecule has 0 spiro atoms. The van der Waals surface area contributed by atoms with Crippen molar-refractivity contribution < 1.29 is 0 Å². The molecule has 2 N–H and O–H groups in total. The highest BCUT2D eigenvalue weighted by Gasteiger charge is 2.21. The molecule has 2 nitrogen and oxygen atoms in total. The van der Waals surface area contributed by atoms with Gasteiger partial charge in [-0.05, 0) is 20.3 Å². The molecule has 0 amide bonds. The van der Waals surface area contributed by atoms with Crippen molar-refractivity contribution in [2.24, 2.45) is 16.1 Å². The Bertz CT molecular complexity index is 185. The lowest BCUT2D eigenvalue weighted by Crippen LogP contribution is -2.33. The molecule has 0 radical (unpaired) electrons. The van der Waals surface area contributed by atoms with Gasteiger partial charge in [0.2, 0.25) is 0 Å². The lowest BCUT2D eigenvalue weighted by molar-refractivity contribution is 0.460. The van der Waals surface area contributed by atoms with Crippen LogP contribution in [0.5, 0.6) is 0 Å². The topological polar surface area (TPSA) is 38.4 Å². The van der Waals surface area contributed by atoms with E-state index in [1.54, 1.807) is 0 Å². The first-order valence-electron chi connectivity index (χ1n) is 5.05. The molecule has 0 unspecified atom stereocenters. The minimum absolute atomic E-state index is 0.00782. The second-order valence-electron chi connectivity index (χ2n) is 5.31. The number of amidine groups is 1. The van der Waals surface area contributed by atoms with E-state index in [9.17, 15) is 0 Å². The second kappa shape index (κ2) is 4.12. The Labute approximate surface area is 82.6 Å². The van der Waals surface area contributed by atoms with E-state index in [-0.39, 0.29) is 11.0 Å². The quantitative estimate of drug-likeness (QED) is 0.531. The largest absolute Gasteiger partial charge is 0.387 e. The van der Waals surface area contributed by atoms with Crippen molar-refractivity contribution in [1.82, 2.24) is 0 Å².